The molecule has 1 saturated heterocycles. The predicted molar refractivity (Wildman–Crippen MR) is 124 cm³/mol. The van der Waals surface area contributed by atoms with Crippen molar-refractivity contribution < 1.29 is 28.5 Å². The maximum atomic E-state index is 13.2. The van der Waals surface area contributed by atoms with Gasteiger partial charge in [0.1, 0.15) is 11.4 Å². The minimum Gasteiger partial charge on any atom is -0.493 e. The number of nitrogens with zero attached hydrogens (tertiary/aromatic N) is 1. The van der Waals surface area contributed by atoms with E-state index in [-0.39, 0.29) is 18.1 Å². The van der Waals surface area contributed by atoms with Gasteiger partial charge in [-0.2, -0.15) is 0 Å². The minimum absolute atomic E-state index is 0.00313. The number of rotatable bonds is 5. The SMILES string of the molecule is COc1ccc2c(c1OC)OC1(CCN(C(=O)C(C)(C)Oc3ccc(Cl)cc3)CC1)CC2=O. The van der Waals surface area contributed by atoms with E-state index in [4.69, 9.17) is 30.5 Å². The van der Waals surface area contributed by atoms with Crippen molar-refractivity contribution in [2.75, 3.05) is 27.3 Å². The van der Waals surface area contributed by atoms with Crippen LogP contribution in [0, 0.1) is 0 Å². The molecule has 7 nitrogen and oxygen atoms in total. The Balaban J connectivity index is 1.48. The lowest BCUT2D eigenvalue weighted by atomic mass is 9.82. The molecule has 1 spiro atoms. The summed E-state index contributed by atoms with van der Waals surface area (Å²) < 4.78 is 23.2. The Hall–Kier alpha value is -2.93. The summed E-state index contributed by atoms with van der Waals surface area (Å²) in [5, 5.41) is 0.602. The van der Waals surface area contributed by atoms with Gasteiger partial charge in [0.2, 0.25) is 5.75 Å². The summed E-state index contributed by atoms with van der Waals surface area (Å²) >= 11 is 5.93. The standard InChI is InChI=1S/C25H28ClNO6/c1-24(2,32-17-7-5-16(26)6-8-17)23(29)27-13-11-25(12-14-27)15-19(28)18-9-10-20(30-3)22(31-4)21(18)33-25/h5-10H,11-15H2,1-4H3. The Morgan fingerprint density at radius 2 is 1.73 bits per heavy atom. The molecule has 0 unspecified atom stereocenters. The molecule has 176 valence electrons. The fraction of sp³-hybridized carbons (Fsp3) is 0.440. The van der Waals surface area contributed by atoms with Gasteiger partial charge < -0.3 is 23.8 Å². The van der Waals surface area contributed by atoms with Crippen molar-refractivity contribution in [3.05, 3.63) is 47.0 Å². The zero-order valence-corrected chi connectivity index (χ0v) is 20.0. The lowest BCUT2D eigenvalue weighted by molar-refractivity contribution is -0.149. The monoisotopic (exact) mass is 473 g/mol. The van der Waals surface area contributed by atoms with Crippen LogP contribution in [0.3, 0.4) is 0 Å². The molecule has 2 aromatic rings. The quantitative estimate of drug-likeness (QED) is 0.634. The maximum Gasteiger partial charge on any atom is 0.266 e. The first kappa shape index (κ1) is 23.2. The van der Waals surface area contributed by atoms with Crippen molar-refractivity contribution in [1.29, 1.82) is 0 Å². The highest BCUT2D eigenvalue weighted by atomic mass is 35.5. The van der Waals surface area contributed by atoms with Crippen LogP contribution in [0.2, 0.25) is 5.02 Å². The van der Waals surface area contributed by atoms with E-state index in [1.165, 1.54) is 7.11 Å². The van der Waals surface area contributed by atoms with E-state index in [0.29, 0.717) is 59.5 Å². The van der Waals surface area contributed by atoms with E-state index in [1.807, 2.05) is 0 Å². The minimum atomic E-state index is -1.05. The molecule has 0 N–H and O–H groups in total. The topological polar surface area (TPSA) is 74.3 Å². The molecule has 0 aliphatic carbocycles. The molecule has 0 atom stereocenters. The van der Waals surface area contributed by atoms with E-state index in [1.54, 1.807) is 62.3 Å². The van der Waals surface area contributed by atoms with Crippen molar-refractivity contribution in [2.24, 2.45) is 0 Å². The normalized spacial score (nSPS) is 17.2. The Kier molecular flexibility index (Phi) is 6.18. The van der Waals surface area contributed by atoms with Gasteiger partial charge in [-0.1, -0.05) is 11.6 Å². The molecule has 0 aromatic heterocycles. The van der Waals surface area contributed by atoms with Crippen LogP contribution in [0.5, 0.6) is 23.0 Å². The number of fused-ring (bicyclic) bond motifs is 1. The smallest absolute Gasteiger partial charge is 0.266 e. The van der Waals surface area contributed by atoms with Gasteiger partial charge in [-0.3, -0.25) is 9.59 Å². The third-order valence-electron chi connectivity index (χ3n) is 6.27. The van der Waals surface area contributed by atoms with Gasteiger partial charge in [0.25, 0.3) is 5.91 Å². The largest absolute Gasteiger partial charge is 0.493 e. The number of likely N-dealkylation sites (tertiary alicyclic amines) is 1. The first-order chi connectivity index (χ1) is 15.7. The van der Waals surface area contributed by atoms with Crippen LogP contribution >= 0.6 is 11.6 Å². The Morgan fingerprint density at radius 3 is 2.33 bits per heavy atom. The number of ketones is 1. The average Bonchev–Trinajstić information content (AvgIpc) is 2.79. The highest BCUT2D eigenvalue weighted by Gasteiger charge is 2.46. The molecule has 0 radical (unpaired) electrons. The van der Waals surface area contributed by atoms with Crippen LogP contribution in [-0.2, 0) is 4.79 Å². The second-order valence-electron chi connectivity index (χ2n) is 8.92. The Bertz CT molecular complexity index is 1060. The third kappa shape index (κ3) is 4.47. The number of ether oxygens (including phenoxy) is 4. The number of benzene rings is 2. The van der Waals surface area contributed by atoms with Crippen molar-refractivity contribution in [1.82, 2.24) is 4.90 Å². The molecule has 2 aromatic carbocycles. The van der Waals surface area contributed by atoms with Crippen LogP contribution in [0.15, 0.2) is 36.4 Å². The van der Waals surface area contributed by atoms with Crippen LogP contribution in [0.1, 0.15) is 43.5 Å². The summed E-state index contributed by atoms with van der Waals surface area (Å²) in [6, 6.07) is 10.3. The zero-order chi connectivity index (χ0) is 23.8. The van der Waals surface area contributed by atoms with Crippen molar-refractivity contribution >= 4 is 23.3 Å². The highest BCUT2D eigenvalue weighted by molar-refractivity contribution is 6.30. The lowest BCUT2D eigenvalue weighted by Crippen LogP contribution is -2.56. The van der Waals surface area contributed by atoms with Crippen LogP contribution < -0.4 is 18.9 Å². The molecule has 33 heavy (non-hydrogen) atoms. The van der Waals surface area contributed by atoms with Gasteiger partial charge in [-0.15, -0.1) is 0 Å². The number of Topliss-reactive ketones (excluding diaryl/α,β-unsaturated/α-hetero) is 1. The molecule has 0 bridgehead atoms. The third-order valence-corrected chi connectivity index (χ3v) is 6.52. The van der Waals surface area contributed by atoms with Gasteiger partial charge in [0.05, 0.1) is 26.2 Å². The van der Waals surface area contributed by atoms with Crippen molar-refractivity contribution in [3.63, 3.8) is 0 Å². The molecule has 2 aliphatic rings. The van der Waals surface area contributed by atoms with E-state index in [0.717, 1.165) is 0 Å². The van der Waals surface area contributed by atoms with Crippen LogP contribution in [-0.4, -0.2) is 55.1 Å². The fourth-order valence-electron chi connectivity index (χ4n) is 4.48. The summed E-state index contributed by atoms with van der Waals surface area (Å²) in [5.41, 5.74) is -1.24. The number of carbonyl (C=O) groups is 2. The number of carbonyl (C=O) groups excluding carboxylic acids is 2. The first-order valence-corrected chi connectivity index (χ1v) is 11.3. The first-order valence-electron chi connectivity index (χ1n) is 10.9. The lowest BCUT2D eigenvalue weighted by Gasteiger charge is -2.45. The number of halogens is 1. The summed E-state index contributed by atoms with van der Waals surface area (Å²) in [7, 11) is 3.07. The van der Waals surface area contributed by atoms with Crippen molar-refractivity contribution in [3.8, 4) is 23.0 Å². The molecule has 2 heterocycles. The number of hydrogen-bond acceptors (Lipinski definition) is 6. The molecule has 8 heteroatoms. The molecular weight excluding hydrogens is 446 g/mol. The summed E-state index contributed by atoms with van der Waals surface area (Å²) in [6.45, 7) is 4.42. The van der Waals surface area contributed by atoms with Gasteiger partial charge in [0.15, 0.2) is 22.9 Å². The number of methoxy groups -OCH3 is 2. The Labute approximate surface area is 198 Å². The van der Waals surface area contributed by atoms with E-state index in [9.17, 15) is 9.59 Å². The molecule has 4 rings (SSSR count). The van der Waals surface area contributed by atoms with Gasteiger partial charge in [-0.05, 0) is 50.2 Å². The number of amides is 1. The van der Waals surface area contributed by atoms with E-state index in [2.05, 4.69) is 0 Å². The van der Waals surface area contributed by atoms with Crippen LogP contribution in [0.4, 0.5) is 0 Å². The molecular formula is C25H28ClNO6. The van der Waals surface area contributed by atoms with Gasteiger partial charge in [0, 0.05) is 31.0 Å². The molecule has 1 amide bonds. The van der Waals surface area contributed by atoms with Gasteiger partial charge in [-0.25, -0.2) is 0 Å². The molecule has 0 saturated carbocycles. The maximum absolute atomic E-state index is 13.2. The summed E-state index contributed by atoms with van der Waals surface area (Å²) in [6.07, 6.45) is 1.32. The zero-order valence-electron chi connectivity index (χ0n) is 19.3. The predicted octanol–water partition coefficient (Wildman–Crippen LogP) is 4.54. The average molecular weight is 474 g/mol. The van der Waals surface area contributed by atoms with Crippen molar-refractivity contribution in [2.45, 2.75) is 44.3 Å². The van der Waals surface area contributed by atoms with E-state index < -0.39 is 11.2 Å². The molecule has 2 aliphatic heterocycles. The second kappa shape index (κ2) is 8.78. The molecule has 1 fully saturated rings. The van der Waals surface area contributed by atoms with Crippen LogP contribution in [0.25, 0.3) is 0 Å². The number of piperidine rings is 1. The second-order valence-corrected chi connectivity index (χ2v) is 9.36. The highest BCUT2D eigenvalue weighted by Crippen LogP contribution is 2.48. The fourth-order valence-corrected chi connectivity index (χ4v) is 4.60. The Morgan fingerprint density at radius 1 is 1.06 bits per heavy atom. The summed E-state index contributed by atoms with van der Waals surface area (Å²) in [4.78, 5) is 28.0. The van der Waals surface area contributed by atoms with Gasteiger partial charge >= 0.3 is 0 Å². The van der Waals surface area contributed by atoms with E-state index >= 15 is 0 Å². The number of hydrogen-bond donors (Lipinski definition) is 0. The summed E-state index contributed by atoms with van der Waals surface area (Å²) in [5.74, 6) is 1.80.